The van der Waals surface area contributed by atoms with Crippen LogP contribution < -0.4 is 0 Å². The molecule has 1 aliphatic rings. The van der Waals surface area contributed by atoms with Crippen molar-refractivity contribution in [2.24, 2.45) is 5.92 Å². The van der Waals surface area contributed by atoms with Gasteiger partial charge in [-0.3, -0.25) is 9.89 Å². The van der Waals surface area contributed by atoms with Gasteiger partial charge in [-0.2, -0.15) is 5.10 Å². The quantitative estimate of drug-likeness (QED) is 0.878. The van der Waals surface area contributed by atoms with E-state index in [0.29, 0.717) is 18.8 Å². The van der Waals surface area contributed by atoms with Gasteiger partial charge in [-0.05, 0) is 56.6 Å². The van der Waals surface area contributed by atoms with E-state index >= 15 is 0 Å². The Kier molecular flexibility index (Phi) is 5.84. The Morgan fingerprint density at radius 1 is 1.28 bits per heavy atom. The fraction of sp³-hybridized carbons (Fsp3) is 0.550. The van der Waals surface area contributed by atoms with Crippen LogP contribution in [0.1, 0.15) is 48.5 Å². The van der Waals surface area contributed by atoms with Gasteiger partial charge in [-0.1, -0.05) is 24.3 Å². The van der Waals surface area contributed by atoms with Crippen LogP contribution in [0.2, 0.25) is 0 Å². The summed E-state index contributed by atoms with van der Waals surface area (Å²) < 4.78 is 0. The summed E-state index contributed by atoms with van der Waals surface area (Å²) in [5.41, 5.74) is 2.80. The van der Waals surface area contributed by atoms with Crippen LogP contribution in [0.4, 0.5) is 0 Å². The summed E-state index contributed by atoms with van der Waals surface area (Å²) in [6, 6.07) is 8.61. The first-order valence-corrected chi connectivity index (χ1v) is 9.32. The highest BCUT2D eigenvalue weighted by Gasteiger charge is 2.23. The second-order valence-corrected chi connectivity index (χ2v) is 7.15. The second kappa shape index (κ2) is 8.28. The third kappa shape index (κ3) is 4.91. The van der Waals surface area contributed by atoms with Gasteiger partial charge < -0.3 is 4.90 Å². The fourth-order valence-electron chi connectivity index (χ4n) is 3.66. The molecule has 0 unspecified atom stereocenters. The Hall–Kier alpha value is -2.17. The molecule has 1 fully saturated rings. The topological polar surface area (TPSA) is 61.9 Å². The number of aromatic nitrogens is 3. The highest BCUT2D eigenvalue weighted by atomic mass is 16.2. The van der Waals surface area contributed by atoms with Crippen LogP contribution in [0.5, 0.6) is 0 Å². The van der Waals surface area contributed by atoms with Crippen molar-refractivity contribution in [1.82, 2.24) is 20.1 Å². The predicted molar refractivity (Wildman–Crippen MR) is 98.2 cm³/mol. The molecule has 0 saturated carbocycles. The summed E-state index contributed by atoms with van der Waals surface area (Å²) in [5, 5.41) is 6.94. The van der Waals surface area contributed by atoms with E-state index in [0.717, 1.165) is 44.0 Å². The summed E-state index contributed by atoms with van der Waals surface area (Å²) in [6.07, 6.45) is 5.74. The van der Waals surface area contributed by atoms with Crippen LogP contribution in [-0.2, 0) is 17.6 Å². The van der Waals surface area contributed by atoms with Gasteiger partial charge in [-0.25, -0.2) is 4.98 Å². The minimum Gasteiger partial charge on any atom is -0.342 e. The zero-order chi connectivity index (χ0) is 17.6. The molecule has 1 amide bonds. The number of hydrogen-bond acceptors (Lipinski definition) is 3. The highest BCUT2D eigenvalue weighted by Crippen LogP contribution is 2.23. The molecule has 1 N–H and O–H groups in total. The van der Waals surface area contributed by atoms with Gasteiger partial charge in [0.2, 0.25) is 5.91 Å². The molecule has 1 aromatic carbocycles. The van der Waals surface area contributed by atoms with Crippen LogP contribution in [0, 0.1) is 19.8 Å². The van der Waals surface area contributed by atoms with E-state index in [1.165, 1.54) is 17.5 Å². The van der Waals surface area contributed by atoms with Crippen molar-refractivity contribution in [2.75, 3.05) is 13.1 Å². The molecule has 0 bridgehead atoms. The molecule has 0 radical (unpaired) electrons. The average molecular weight is 340 g/mol. The lowest BCUT2D eigenvalue weighted by molar-refractivity contribution is -0.133. The average Bonchev–Trinajstić information content (AvgIpc) is 3.04. The maximum absolute atomic E-state index is 12.5. The van der Waals surface area contributed by atoms with Gasteiger partial charge in [0, 0.05) is 25.9 Å². The van der Waals surface area contributed by atoms with E-state index in [1.807, 2.05) is 11.8 Å². The van der Waals surface area contributed by atoms with Gasteiger partial charge in [0.25, 0.3) is 0 Å². The lowest BCUT2D eigenvalue weighted by atomic mass is 9.90. The monoisotopic (exact) mass is 340 g/mol. The number of H-pyrrole nitrogens is 1. The van der Waals surface area contributed by atoms with E-state index in [4.69, 9.17) is 0 Å². The van der Waals surface area contributed by atoms with Crippen molar-refractivity contribution in [1.29, 1.82) is 0 Å². The van der Waals surface area contributed by atoms with E-state index in [9.17, 15) is 4.79 Å². The molecule has 5 nitrogen and oxygen atoms in total. The largest absolute Gasteiger partial charge is 0.342 e. The Morgan fingerprint density at radius 3 is 2.88 bits per heavy atom. The molecule has 1 atom stereocenters. The minimum atomic E-state index is 0.239. The van der Waals surface area contributed by atoms with Crippen LogP contribution in [0.25, 0.3) is 0 Å². The van der Waals surface area contributed by atoms with E-state index in [-0.39, 0.29) is 5.91 Å². The maximum atomic E-state index is 12.5. The Balaban J connectivity index is 1.47. The molecule has 0 spiro atoms. The molecule has 3 rings (SSSR count). The van der Waals surface area contributed by atoms with Crippen molar-refractivity contribution < 1.29 is 4.79 Å². The van der Waals surface area contributed by atoms with Gasteiger partial charge in [0.1, 0.15) is 5.82 Å². The Bertz CT molecular complexity index is 709. The van der Waals surface area contributed by atoms with Gasteiger partial charge in [0.05, 0.1) is 0 Å². The maximum Gasteiger partial charge on any atom is 0.223 e. The Morgan fingerprint density at radius 2 is 2.12 bits per heavy atom. The number of hydrogen-bond donors (Lipinski definition) is 1. The van der Waals surface area contributed by atoms with Crippen molar-refractivity contribution >= 4 is 5.91 Å². The van der Waals surface area contributed by atoms with E-state index in [1.54, 1.807) is 0 Å². The van der Waals surface area contributed by atoms with Crippen LogP contribution >= 0.6 is 0 Å². The zero-order valence-electron chi connectivity index (χ0n) is 15.3. The summed E-state index contributed by atoms with van der Waals surface area (Å²) in [7, 11) is 0. The third-order valence-corrected chi connectivity index (χ3v) is 5.16. The second-order valence-electron chi connectivity index (χ2n) is 7.15. The number of carbonyl (C=O) groups excluding carboxylic acids is 1. The molecule has 25 heavy (non-hydrogen) atoms. The van der Waals surface area contributed by atoms with Gasteiger partial charge >= 0.3 is 0 Å². The number of nitrogens with one attached hydrogen (secondary N) is 1. The van der Waals surface area contributed by atoms with Crippen molar-refractivity contribution in [3.8, 4) is 0 Å². The number of rotatable bonds is 6. The van der Waals surface area contributed by atoms with Gasteiger partial charge in [0.15, 0.2) is 5.82 Å². The summed E-state index contributed by atoms with van der Waals surface area (Å²) in [6.45, 7) is 5.85. The molecule has 1 aromatic heterocycles. The molecule has 134 valence electrons. The molecule has 2 heterocycles. The number of aryl methyl sites for hydroxylation is 4. The number of piperidine rings is 1. The molecular weight excluding hydrogens is 312 g/mol. The molecule has 0 aliphatic carbocycles. The number of likely N-dealkylation sites (tertiary alicyclic amines) is 1. The first-order valence-electron chi connectivity index (χ1n) is 9.32. The number of benzene rings is 1. The van der Waals surface area contributed by atoms with Crippen LogP contribution in [0.3, 0.4) is 0 Å². The highest BCUT2D eigenvalue weighted by molar-refractivity contribution is 5.76. The van der Waals surface area contributed by atoms with Gasteiger partial charge in [-0.15, -0.1) is 0 Å². The fourth-order valence-corrected chi connectivity index (χ4v) is 3.66. The normalized spacial score (nSPS) is 17.7. The van der Waals surface area contributed by atoms with E-state index in [2.05, 4.69) is 46.4 Å². The number of carbonyl (C=O) groups is 1. The molecule has 1 aliphatic heterocycles. The third-order valence-electron chi connectivity index (χ3n) is 5.16. The molecule has 1 saturated heterocycles. The van der Waals surface area contributed by atoms with Crippen molar-refractivity contribution in [2.45, 2.75) is 52.4 Å². The lowest BCUT2D eigenvalue weighted by Gasteiger charge is -2.33. The number of amides is 1. The summed E-state index contributed by atoms with van der Waals surface area (Å²) in [5.74, 6) is 2.39. The van der Waals surface area contributed by atoms with E-state index < -0.39 is 0 Å². The van der Waals surface area contributed by atoms with Crippen molar-refractivity contribution in [3.05, 3.63) is 47.0 Å². The number of nitrogens with zero attached hydrogens (tertiary/aromatic N) is 3. The number of aromatic amines is 1. The zero-order valence-corrected chi connectivity index (χ0v) is 15.3. The molecular formula is C20H28N4O. The first kappa shape index (κ1) is 17.6. The lowest BCUT2D eigenvalue weighted by Crippen LogP contribution is -2.40. The Labute approximate surface area is 149 Å². The SMILES string of the molecule is Cc1nc(CCC(=O)N2CCC[C@H](CCc3ccccc3C)C2)n[nH]1. The van der Waals surface area contributed by atoms with Crippen LogP contribution in [-0.4, -0.2) is 39.1 Å². The smallest absolute Gasteiger partial charge is 0.223 e. The minimum absolute atomic E-state index is 0.239. The molecule has 2 aromatic rings. The summed E-state index contributed by atoms with van der Waals surface area (Å²) in [4.78, 5) is 18.8. The van der Waals surface area contributed by atoms with Crippen molar-refractivity contribution in [3.63, 3.8) is 0 Å². The first-order chi connectivity index (χ1) is 12.1. The predicted octanol–water partition coefficient (Wildman–Crippen LogP) is 3.23. The van der Waals surface area contributed by atoms with Crippen LogP contribution in [0.15, 0.2) is 24.3 Å². The standard InChI is InChI=1S/C20H28N4O/c1-15-6-3-4-8-18(15)10-9-17-7-5-13-24(14-17)20(25)12-11-19-21-16(2)22-23-19/h3-4,6,8,17H,5,7,9-14H2,1-2H3,(H,21,22,23)/t17-/m1/s1. The molecule has 5 heteroatoms. The summed E-state index contributed by atoms with van der Waals surface area (Å²) >= 11 is 0.